The number of nitrogens with zero attached hydrogens (tertiary/aromatic N) is 1. The van der Waals surface area contributed by atoms with Gasteiger partial charge in [-0.2, -0.15) is 0 Å². The zero-order valence-electron chi connectivity index (χ0n) is 12.9. The Bertz CT molecular complexity index is 309. The second-order valence-corrected chi connectivity index (χ2v) is 6.63. The van der Waals surface area contributed by atoms with Crippen LogP contribution in [0.1, 0.15) is 40.5 Å². The van der Waals surface area contributed by atoms with Gasteiger partial charge in [0.05, 0.1) is 19.3 Å². The van der Waals surface area contributed by atoms with Gasteiger partial charge in [-0.25, -0.2) is 0 Å². The highest BCUT2D eigenvalue weighted by Crippen LogP contribution is 2.50. The van der Waals surface area contributed by atoms with E-state index in [1.807, 2.05) is 0 Å². The van der Waals surface area contributed by atoms with Crippen molar-refractivity contribution in [3.63, 3.8) is 0 Å². The summed E-state index contributed by atoms with van der Waals surface area (Å²) in [5, 5.41) is 0. The summed E-state index contributed by atoms with van der Waals surface area (Å²) in [5.74, 6) is 0. The molecule has 1 aliphatic heterocycles. The first-order valence-corrected chi connectivity index (χ1v) is 7.67. The molecule has 0 aromatic heterocycles. The molecule has 19 heavy (non-hydrogen) atoms. The Labute approximate surface area is 117 Å². The summed E-state index contributed by atoms with van der Waals surface area (Å²) in [6.07, 6.45) is 2.41. The van der Waals surface area contributed by atoms with Crippen molar-refractivity contribution in [2.24, 2.45) is 11.1 Å². The fraction of sp³-hybridized carbons (Fsp3) is 1.00. The number of morpholine rings is 1. The van der Waals surface area contributed by atoms with Crippen molar-refractivity contribution in [2.45, 2.75) is 58.2 Å². The van der Waals surface area contributed by atoms with E-state index in [0.29, 0.717) is 12.1 Å². The molecule has 1 saturated heterocycles. The van der Waals surface area contributed by atoms with Gasteiger partial charge in [0.2, 0.25) is 0 Å². The Balaban J connectivity index is 1.98. The highest BCUT2D eigenvalue weighted by Gasteiger charge is 2.59. The standard InChI is InChI=1S/C15H30N2O2/c1-5-12-10-18-8-7-17(12)11-15(16)9-13(19-6-2)14(15,3)4/h12-13H,5-11,16H2,1-4H3. The Morgan fingerprint density at radius 2 is 2.11 bits per heavy atom. The summed E-state index contributed by atoms with van der Waals surface area (Å²) in [6, 6.07) is 0.524. The second kappa shape index (κ2) is 5.68. The third-order valence-electron chi connectivity index (χ3n) is 5.31. The van der Waals surface area contributed by atoms with Crippen LogP contribution in [0.2, 0.25) is 0 Å². The number of hydrogen-bond acceptors (Lipinski definition) is 4. The van der Waals surface area contributed by atoms with E-state index in [2.05, 4.69) is 32.6 Å². The van der Waals surface area contributed by atoms with Crippen LogP contribution in [-0.2, 0) is 9.47 Å². The Hall–Kier alpha value is -0.160. The molecular weight excluding hydrogens is 240 g/mol. The predicted molar refractivity (Wildman–Crippen MR) is 77.2 cm³/mol. The van der Waals surface area contributed by atoms with Gasteiger partial charge >= 0.3 is 0 Å². The van der Waals surface area contributed by atoms with E-state index in [0.717, 1.165) is 45.8 Å². The van der Waals surface area contributed by atoms with Crippen molar-refractivity contribution in [1.82, 2.24) is 4.90 Å². The molecule has 1 heterocycles. The van der Waals surface area contributed by atoms with Gasteiger partial charge in [-0.05, 0) is 19.8 Å². The molecule has 0 bridgehead atoms. The van der Waals surface area contributed by atoms with E-state index in [1.54, 1.807) is 0 Å². The van der Waals surface area contributed by atoms with Crippen LogP contribution < -0.4 is 5.73 Å². The molecule has 3 unspecified atom stereocenters. The van der Waals surface area contributed by atoms with Crippen LogP contribution in [0, 0.1) is 5.41 Å². The van der Waals surface area contributed by atoms with Crippen LogP contribution in [0.15, 0.2) is 0 Å². The average Bonchev–Trinajstić information content (AvgIpc) is 2.39. The molecule has 0 aromatic carbocycles. The minimum Gasteiger partial charge on any atom is -0.378 e. The molecule has 3 atom stereocenters. The molecule has 112 valence electrons. The monoisotopic (exact) mass is 270 g/mol. The molecule has 1 aliphatic carbocycles. The lowest BCUT2D eigenvalue weighted by molar-refractivity contribution is -0.163. The Kier molecular flexibility index (Phi) is 4.56. The van der Waals surface area contributed by atoms with Crippen LogP contribution in [0.3, 0.4) is 0 Å². The SMILES string of the molecule is CCOC1CC(N)(CN2CCOCC2CC)C1(C)C. The quantitative estimate of drug-likeness (QED) is 0.825. The third-order valence-corrected chi connectivity index (χ3v) is 5.31. The van der Waals surface area contributed by atoms with Gasteiger partial charge < -0.3 is 15.2 Å². The summed E-state index contributed by atoms with van der Waals surface area (Å²) in [7, 11) is 0. The van der Waals surface area contributed by atoms with Crippen LogP contribution in [0.5, 0.6) is 0 Å². The molecule has 0 amide bonds. The Morgan fingerprint density at radius 3 is 2.68 bits per heavy atom. The first-order chi connectivity index (χ1) is 8.94. The van der Waals surface area contributed by atoms with Crippen LogP contribution >= 0.6 is 0 Å². The minimum absolute atomic E-state index is 0.0552. The van der Waals surface area contributed by atoms with E-state index < -0.39 is 0 Å². The van der Waals surface area contributed by atoms with Gasteiger partial charge in [0.25, 0.3) is 0 Å². The Morgan fingerprint density at radius 1 is 1.37 bits per heavy atom. The van der Waals surface area contributed by atoms with Gasteiger partial charge in [0.1, 0.15) is 0 Å². The van der Waals surface area contributed by atoms with Crippen LogP contribution in [-0.4, -0.2) is 55.5 Å². The fourth-order valence-electron chi connectivity index (χ4n) is 3.41. The largest absolute Gasteiger partial charge is 0.378 e. The van der Waals surface area contributed by atoms with Crippen LogP contribution in [0.4, 0.5) is 0 Å². The normalized spacial score (nSPS) is 39.0. The highest BCUT2D eigenvalue weighted by atomic mass is 16.5. The number of hydrogen-bond donors (Lipinski definition) is 1. The summed E-state index contributed by atoms with van der Waals surface area (Å²) in [4.78, 5) is 2.52. The zero-order valence-corrected chi connectivity index (χ0v) is 12.9. The van der Waals surface area contributed by atoms with E-state index in [-0.39, 0.29) is 11.0 Å². The smallest absolute Gasteiger partial charge is 0.0662 e. The van der Waals surface area contributed by atoms with Crippen molar-refractivity contribution in [2.75, 3.05) is 32.9 Å². The molecule has 1 saturated carbocycles. The maximum atomic E-state index is 6.69. The molecule has 4 heteroatoms. The van der Waals surface area contributed by atoms with E-state index in [4.69, 9.17) is 15.2 Å². The van der Waals surface area contributed by atoms with Crippen molar-refractivity contribution in [3.05, 3.63) is 0 Å². The molecule has 0 radical (unpaired) electrons. The average molecular weight is 270 g/mol. The maximum Gasteiger partial charge on any atom is 0.0662 e. The molecule has 4 nitrogen and oxygen atoms in total. The van der Waals surface area contributed by atoms with Crippen molar-refractivity contribution in [3.8, 4) is 0 Å². The van der Waals surface area contributed by atoms with E-state index >= 15 is 0 Å². The first kappa shape index (κ1) is 15.2. The molecular formula is C15H30N2O2. The van der Waals surface area contributed by atoms with Gasteiger partial charge in [0.15, 0.2) is 0 Å². The molecule has 2 fully saturated rings. The zero-order chi connectivity index (χ0) is 14.1. The summed E-state index contributed by atoms with van der Waals surface area (Å²) >= 11 is 0. The second-order valence-electron chi connectivity index (χ2n) is 6.63. The number of ether oxygens (including phenoxy) is 2. The van der Waals surface area contributed by atoms with Crippen molar-refractivity contribution >= 4 is 0 Å². The van der Waals surface area contributed by atoms with Crippen molar-refractivity contribution < 1.29 is 9.47 Å². The molecule has 0 spiro atoms. The predicted octanol–water partition coefficient (Wildman–Crippen LogP) is 1.63. The summed E-state index contributed by atoms with van der Waals surface area (Å²) < 4.78 is 11.4. The summed E-state index contributed by atoms with van der Waals surface area (Å²) in [5.41, 5.74) is 6.61. The fourth-order valence-corrected chi connectivity index (χ4v) is 3.41. The topological polar surface area (TPSA) is 47.7 Å². The molecule has 2 aliphatic rings. The van der Waals surface area contributed by atoms with Gasteiger partial charge in [0, 0.05) is 36.7 Å². The minimum atomic E-state index is -0.127. The van der Waals surface area contributed by atoms with E-state index in [9.17, 15) is 0 Å². The maximum absolute atomic E-state index is 6.69. The lowest BCUT2D eigenvalue weighted by Gasteiger charge is -2.61. The number of rotatable bonds is 5. The summed E-state index contributed by atoms with van der Waals surface area (Å²) in [6.45, 7) is 13.2. The lowest BCUT2D eigenvalue weighted by Crippen LogP contribution is -2.74. The molecule has 2 rings (SSSR count). The van der Waals surface area contributed by atoms with Gasteiger partial charge in [-0.1, -0.05) is 20.8 Å². The highest BCUT2D eigenvalue weighted by molar-refractivity contribution is 5.15. The molecule has 2 N–H and O–H groups in total. The molecule has 0 aromatic rings. The van der Waals surface area contributed by atoms with Crippen LogP contribution in [0.25, 0.3) is 0 Å². The first-order valence-electron chi connectivity index (χ1n) is 7.67. The number of nitrogens with two attached hydrogens (primary N) is 1. The van der Waals surface area contributed by atoms with Crippen molar-refractivity contribution in [1.29, 1.82) is 0 Å². The van der Waals surface area contributed by atoms with E-state index in [1.165, 1.54) is 0 Å². The van der Waals surface area contributed by atoms with Gasteiger partial charge in [-0.15, -0.1) is 0 Å². The van der Waals surface area contributed by atoms with Gasteiger partial charge in [-0.3, -0.25) is 4.90 Å². The lowest BCUT2D eigenvalue weighted by atomic mass is 9.54. The third kappa shape index (κ3) is 2.68.